The number of hydrogen-bond acceptors (Lipinski definition) is 1. The largest absolute Gasteiger partial charge is 0.303 e. The molecule has 0 aliphatic heterocycles. The van der Waals surface area contributed by atoms with Crippen LogP contribution in [0.5, 0.6) is 0 Å². The van der Waals surface area contributed by atoms with Crippen LogP contribution in [0.15, 0.2) is 40.9 Å². The molecule has 0 unspecified atom stereocenters. The van der Waals surface area contributed by atoms with E-state index in [0.29, 0.717) is 6.42 Å². The van der Waals surface area contributed by atoms with Crippen molar-refractivity contribution < 1.29 is 4.79 Å². The molecule has 0 fully saturated rings. The van der Waals surface area contributed by atoms with Crippen molar-refractivity contribution in [2.45, 2.75) is 6.42 Å². The Morgan fingerprint density at radius 3 is 2.57 bits per heavy atom. The maximum atomic E-state index is 10.5. The van der Waals surface area contributed by atoms with Crippen LogP contribution in [0.1, 0.15) is 5.56 Å². The van der Waals surface area contributed by atoms with Crippen LogP contribution >= 0.6 is 15.9 Å². The van der Waals surface area contributed by atoms with E-state index in [9.17, 15) is 4.79 Å². The average Bonchev–Trinajstić information content (AvgIpc) is 2.20. The lowest BCUT2D eigenvalue weighted by Crippen LogP contribution is -1.87. The highest BCUT2D eigenvalue weighted by Gasteiger charge is 2.01. The fraction of sp³-hybridized carbons (Fsp3) is 0.0833. The Bertz CT molecular complexity index is 477. The monoisotopic (exact) mass is 248 g/mol. The predicted molar refractivity (Wildman–Crippen MR) is 61.4 cm³/mol. The number of hydrogen-bond donors (Lipinski definition) is 0. The molecule has 0 N–H and O–H groups in total. The summed E-state index contributed by atoms with van der Waals surface area (Å²) in [5, 5.41) is 2.31. The van der Waals surface area contributed by atoms with Crippen LogP contribution in [-0.4, -0.2) is 6.29 Å². The Morgan fingerprint density at radius 2 is 1.79 bits per heavy atom. The Labute approximate surface area is 90.9 Å². The first-order valence-corrected chi connectivity index (χ1v) is 5.22. The van der Waals surface area contributed by atoms with Crippen molar-refractivity contribution >= 4 is 33.0 Å². The minimum absolute atomic E-state index is 0.480. The van der Waals surface area contributed by atoms with Gasteiger partial charge in [0.1, 0.15) is 6.29 Å². The zero-order valence-electron chi connectivity index (χ0n) is 7.53. The van der Waals surface area contributed by atoms with Gasteiger partial charge in [0.15, 0.2) is 0 Å². The summed E-state index contributed by atoms with van der Waals surface area (Å²) in [6.45, 7) is 0. The highest BCUT2D eigenvalue weighted by Crippen LogP contribution is 2.26. The average molecular weight is 249 g/mol. The summed E-state index contributed by atoms with van der Waals surface area (Å²) in [6, 6.07) is 12.1. The Hall–Kier alpha value is -1.15. The zero-order chi connectivity index (χ0) is 9.97. The van der Waals surface area contributed by atoms with Crippen LogP contribution in [0.2, 0.25) is 0 Å². The first-order chi connectivity index (χ1) is 6.83. The van der Waals surface area contributed by atoms with Gasteiger partial charge in [0.25, 0.3) is 0 Å². The van der Waals surface area contributed by atoms with E-state index in [2.05, 4.69) is 15.9 Å². The van der Waals surface area contributed by atoms with Crippen LogP contribution in [0, 0.1) is 0 Å². The molecule has 2 aromatic carbocycles. The number of carbonyl (C=O) groups is 1. The van der Waals surface area contributed by atoms with E-state index in [4.69, 9.17) is 0 Å². The summed E-state index contributed by atoms with van der Waals surface area (Å²) >= 11 is 3.49. The summed E-state index contributed by atoms with van der Waals surface area (Å²) in [5.41, 5.74) is 1.08. The predicted octanol–water partition coefficient (Wildman–Crippen LogP) is 3.34. The van der Waals surface area contributed by atoms with E-state index < -0.39 is 0 Å². The van der Waals surface area contributed by atoms with Gasteiger partial charge in [-0.1, -0.05) is 46.3 Å². The molecule has 0 atom stereocenters. The maximum absolute atomic E-state index is 10.5. The van der Waals surface area contributed by atoms with E-state index in [0.717, 1.165) is 27.1 Å². The van der Waals surface area contributed by atoms with E-state index in [-0.39, 0.29) is 0 Å². The van der Waals surface area contributed by atoms with Crippen molar-refractivity contribution in [1.29, 1.82) is 0 Å². The molecule has 0 saturated carbocycles. The molecule has 0 aliphatic rings. The Morgan fingerprint density at radius 1 is 1.07 bits per heavy atom. The van der Waals surface area contributed by atoms with Crippen LogP contribution < -0.4 is 0 Å². The topological polar surface area (TPSA) is 17.1 Å². The fourth-order valence-corrected chi connectivity index (χ4v) is 2.10. The summed E-state index contributed by atoms with van der Waals surface area (Å²) in [7, 11) is 0. The molecule has 2 aromatic rings. The van der Waals surface area contributed by atoms with Gasteiger partial charge >= 0.3 is 0 Å². The Kier molecular flexibility index (Phi) is 2.64. The normalized spacial score (nSPS) is 10.4. The van der Waals surface area contributed by atoms with Gasteiger partial charge in [-0.3, -0.25) is 0 Å². The highest BCUT2D eigenvalue weighted by molar-refractivity contribution is 9.10. The van der Waals surface area contributed by atoms with E-state index in [1.807, 2.05) is 36.4 Å². The molecule has 14 heavy (non-hydrogen) atoms. The standard InChI is InChI=1S/C12H9BrO/c13-12-6-2-4-10-9(7-8-14)3-1-5-11(10)12/h1-6,8H,7H2. The first kappa shape index (κ1) is 9.41. The molecule has 70 valence electrons. The number of aldehydes is 1. The molecule has 0 bridgehead atoms. The number of rotatable bonds is 2. The molecular weight excluding hydrogens is 240 g/mol. The Balaban J connectivity index is 2.74. The highest BCUT2D eigenvalue weighted by atomic mass is 79.9. The molecule has 0 amide bonds. The van der Waals surface area contributed by atoms with Crippen LogP contribution in [0.4, 0.5) is 0 Å². The lowest BCUT2D eigenvalue weighted by molar-refractivity contribution is -0.107. The quantitative estimate of drug-likeness (QED) is 0.746. The third-order valence-corrected chi connectivity index (χ3v) is 2.95. The first-order valence-electron chi connectivity index (χ1n) is 4.42. The second kappa shape index (κ2) is 3.93. The molecular formula is C12H9BrO. The van der Waals surface area contributed by atoms with Crippen LogP contribution in [0.3, 0.4) is 0 Å². The molecule has 2 rings (SSSR count). The minimum atomic E-state index is 0.480. The number of carbonyl (C=O) groups excluding carboxylic acids is 1. The van der Waals surface area contributed by atoms with Gasteiger partial charge in [-0.05, 0) is 22.4 Å². The van der Waals surface area contributed by atoms with Crippen molar-refractivity contribution in [3.8, 4) is 0 Å². The molecule has 0 saturated heterocycles. The van der Waals surface area contributed by atoms with Gasteiger partial charge in [0, 0.05) is 10.9 Å². The molecule has 2 heteroatoms. The van der Waals surface area contributed by atoms with Crippen LogP contribution in [0.25, 0.3) is 10.8 Å². The summed E-state index contributed by atoms with van der Waals surface area (Å²) < 4.78 is 1.07. The number of halogens is 1. The van der Waals surface area contributed by atoms with Gasteiger partial charge in [-0.15, -0.1) is 0 Å². The lowest BCUT2D eigenvalue weighted by Gasteiger charge is -2.04. The van der Waals surface area contributed by atoms with Crippen molar-refractivity contribution in [2.24, 2.45) is 0 Å². The van der Waals surface area contributed by atoms with Crippen LogP contribution in [-0.2, 0) is 11.2 Å². The summed E-state index contributed by atoms with van der Waals surface area (Å²) in [5.74, 6) is 0. The number of fused-ring (bicyclic) bond motifs is 1. The van der Waals surface area contributed by atoms with Gasteiger partial charge in [-0.25, -0.2) is 0 Å². The SMILES string of the molecule is O=CCc1cccc2c(Br)cccc12. The second-order valence-corrected chi connectivity index (χ2v) is 3.98. The van der Waals surface area contributed by atoms with E-state index in [1.165, 1.54) is 0 Å². The van der Waals surface area contributed by atoms with Crippen molar-refractivity contribution in [2.75, 3.05) is 0 Å². The number of benzene rings is 2. The summed E-state index contributed by atoms with van der Waals surface area (Å²) in [4.78, 5) is 10.5. The van der Waals surface area contributed by atoms with Gasteiger partial charge in [0.05, 0.1) is 0 Å². The molecule has 0 aliphatic carbocycles. The van der Waals surface area contributed by atoms with Gasteiger partial charge < -0.3 is 4.79 Å². The molecule has 0 aromatic heterocycles. The molecule has 0 spiro atoms. The molecule has 1 nitrogen and oxygen atoms in total. The minimum Gasteiger partial charge on any atom is -0.303 e. The van der Waals surface area contributed by atoms with Crippen molar-refractivity contribution in [3.63, 3.8) is 0 Å². The van der Waals surface area contributed by atoms with Crippen molar-refractivity contribution in [1.82, 2.24) is 0 Å². The third kappa shape index (κ3) is 1.58. The fourth-order valence-electron chi connectivity index (χ4n) is 1.60. The zero-order valence-corrected chi connectivity index (χ0v) is 9.12. The third-order valence-electron chi connectivity index (χ3n) is 2.26. The molecule has 0 heterocycles. The van der Waals surface area contributed by atoms with E-state index >= 15 is 0 Å². The maximum Gasteiger partial charge on any atom is 0.124 e. The molecule has 0 radical (unpaired) electrons. The second-order valence-electron chi connectivity index (χ2n) is 3.12. The smallest absolute Gasteiger partial charge is 0.124 e. The van der Waals surface area contributed by atoms with Gasteiger partial charge in [-0.2, -0.15) is 0 Å². The van der Waals surface area contributed by atoms with Crippen molar-refractivity contribution in [3.05, 3.63) is 46.4 Å². The van der Waals surface area contributed by atoms with Gasteiger partial charge in [0.2, 0.25) is 0 Å². The summed E-state index contributed by atoms with van der Waals surface area (Å²) in [6.07, 6.45) is 1.42. The van der Waals surface area contributed by atoms with E-state index in [1.54, 1.807) is 0 Å². The lowest BCUT2D eigenvalue weighted by atomic mass is 10.0.